The van der Waals surface area contributed by atoms with Crippen LogP contribution in [0, 0.1) is 6.92 Å². The molecule has 4 rings (SSSR count). The second kappa shape index (κ2) is 11.9. The van der Waals surface area contributed by atoms with Gasteiger partial charge in [-0.25, -0.2) is 0 Å². The molecule has 0 saturated heterocycles. The molecule has 1 atom stereocenters. The molecular formula is C30H31ClO4S. The van der Waals surface area contributed by atoms with Gasteiger partial charge < -0.3 is 14.3 Å². The molecule has 1 N–H and O–H groups in total. The molecule has 0 bridgehead atoms. The summed E-state index contributed by atoms with van der Waals surface area (Å²) in [5.74, 6) is 0.294. The number of furan rings is 1. The fourth-order valence-electron chi connectivity index (χ4n) is 4.41. The third kappa shape index (κ3) is 5.58. The van der Waals surface area contributed by atoms with Gasteiger partial charge in [-0.2, -0.15) is 0 Å². The van der Waals surface area contributed by atoms with E-state index in [2.05, 4.69) is 31.2 Å². The summed E-state index contributed by atoms with van der Waals surface area (Å²) in [4.78, 5) is 12.3. The van der Waals surface area contributed by atoms with Gasteiger partial charge in [0.15, 0.2) is 0 Å². The van der Waals surface area contributed by atoms with Gasteiger partial charge in [0.2, 0.25) is 0 Å². The summed E-state index contributed by atoms with van der Waals surface area (Å²) in [5, 5.41) is 11.1. The molecule has 0 aliphatic carbocycles. The van der Waals surface area contributed by atoms with Crippen molar-refractivity contribution in [3.63, 3.8) is 0 Å². The molecule has 0 amide bonds. The third-order valence-electron chi connectivity index (χ3n) is 6.42. The second-order valence-corrected chi connectivity index (χ2v) is 10.4. The lowest BCUT2D eigenvalue weighted by atomic mass is 9.97. The normalized spacial score (nSPS) is 12.1. The van der Waals surface area contributed by atoms with Gasteiger partial charge in [-0.15, -0.1) is 11.8 Å². The average Bonchev–Trinajstić information content (AvgIpc) is 3.32. The Morgan fingerprint density at radius 1 is 1.14 bits per heavy atom. The Kier molecular flexibility index (Phi) is 8.65. The van der Waals surface area contributed by atoms with E-state index in [1.54, 1.807) is 18.7 Å². The smallest absolute Gasteiger partial charge is 0.310 e. The third-order valence-corrected chi connectivity index (χ3v) is 8.16. The number of halogens is 1. The van der Waals surface area contributed by atoms with Gasteiger partial charge in [-0.1, -0.05) is 61.3 Å². The van der Waals surface area contributed by atoms with Crippen LogP contribution in [0.1, 0.15) is 49.3 Å². The van der Waals surface area contributed by atoms with Gasteiger partial charge >= 0.3 is 5.97 Å². The van der Waals surface area contributed by atoms with Crippen molar-refractivity contribution in [2.24, 2.45) is 0 Å². The van der Waals surface area contributed by atoms with E-state index in [0.29, 0.717) is 11.6 Å². The van der Waals surface area contributed by atoms with Crippen molar-refractivity contribution in [2.75, 3.05) is 12.4 Å². The summed E-state index contributed by atoms with van der Waals surface area (Å²) in [5.41, 5.74) is 5.85. The summed E-state index contributed by atoms with van der Waals surface area (Å²) >= 11 is 8.22. The molecule has 4 nitrogen and oxygen atoms in total. The molecule has 1 unspecified atom stereocenters. The second-order valence-electron chi connectivity index (χ2n) is 8.89. The molecule has 0 radical (unpaired) electrons. The molecule has 188 valence electrons. The minimum atomic E-state index is -0.849. The molecule has 6 heteroatoms. The number of rotatable bonds is 11. The Hall–Kier alpha value is -2.89. The summed E-state index contributed by atoms with van der Waals surface area (Å²) in [6.07, 6.45) is 4.58. The van der Waals surface area contributed by atoms with Crippen LogP contribution < -0.4 is 4.74 Å². The van der Waals surface area contributed by atoms with Gasteiger partial charge in [0.1, 0.15) is 11.3 Å². The van der Waals surface area contributed by atoms with Crippen molar-refractivity contribution in [1.29, 1.82) is 0 Å². The Morgan fingerprint density at radius 3 is 2.64 bits per heavy atom. The number of fused-ring (bicyclic) bond motifs is 1. The van der Waals surface area contributed by atoms with Crippen LogP contribution in [0.3, 0.4) is 0 Å². The summed E-state index contributed by atoms with van der Waals surface area (Å²) in [6.45, 7) is 6.31. The highest BCUT2D eigenvalue weighted by molar-refractivity contribution is 7.99. The Bertz CT molecular complexity index is 1350. The van der Waals surface area contributed by atoms with E-state index < -0.39 is 11.9 Å². The van der Waals surface area contributed by atoms with E-state index >= 15 is 0 Å². The van der Waals surface area contributed by atoms with Crippen LogP contribution in [0.4, 0.5) is 0 Å². The topological polar surface area (TPSA) is 59.7 Å². The largest absolute Gasteiger partial charge is 0.493 e. The Labute approximate surface area is 221 Å². The molecule has 1 heterocycles. The molecule has 0 spiro atoms. The number of hydrogen-bond acceptors (Lipinski definition) is 4. The van der Waals surface area contributed by atoms with Crippen LogP contribution in [0.2, 0.25) is 5.02 Å². The van der Waals surface area contributed by atoms with E-state index in [1.165, 1.54) is 0 Å². The first-order valence-corrected chi connectivity index (χ1v) is 13.6. The van der Waals surface area contributed by atoms with Crippen LogP contribution >= 0.6 is 23.4 Å². The molecule has 3 aromatic carbocycles. The van der Waals surface area contributed by atoms with Gasteiger partial charge in [-0.3, -0.25) is 4.79 Å². The first-order chi connectivity index (χ1) is 17.4. The van der Waals surface area contributed by atoms with Gasteiger partial charge in [0.05, 0.1) is 23.8 Å². The zero-order valence-electron chi connectivity index (χ0n) is 20.8. The zero-order chi connectivity index (χ0) is 25.7. The van der Waals surface area contributed by atoms with Crippen molar-refractivity contribution in [2.45, 2.75) is 50.8 Å². The van der Waals surface area contributed by atoms with Crippen LogP contribution in [0.5, 0.6) is 5.75 Å². The fourth-order valence-corrected chi connectivity index (χ4v) is 5.67. The van der Waals surface area contributed by atoms with Crippen molar-refractivity contribution >= 4 is 40.3 Å². The number of aryl methyl sites for hydroxylation is 1. The number of thioether (sulfide) groups is 1. The van der Waals surface area contributed by atoms with Crippen LogP contribution in [-0.2, 0) is 11.2 Å². The summed E-state index contributed by atoms with van der Waals surface area (Å²) in [7, 11) is 0. The van der Waals surface area contributed by atoms with Gasteiger partial charge in [0.25, 0.3) is 0 Å². The number of carboxylic acid groups (broad SMARTS) is 1. The maximum absolute atomic E-state index is 11.3. The van der Waals surface area contributed by atoms with Crippen molar-refractivity contribution in [3.8, 4) is 16.9 Å². The number of ether oxygens (including phenoxy) is 1. The van der Waals surface area contributed by atoms with E-state index in [9.17, 15) is 9.90 Å². The molecule has 0 saturated carbocycles. The quantitative estimate of drug-likeness (QED) is 0.157. The lowest BCUT2D eigenvalue weighted by Crippen LogP contribution is -2.09. The minimum absolute atomic E-state index is 0.581. The molecule has 0 fully saturated rings. The highest BCUT2D eigenvalue weighted by atomic mass is 35.5. The molecule has 0 aliphatic rings. The highest BCUT2D eigenvalue weighted by Crippen LogP contribution is 2.38. The maximum Gasteiger partial charge on any atom is 0.310 e. The predicted octanol–water partition coefficient (Wildman–Crippen LogP) is 8.76. The van der Waals surface area contributed by atoms with E-state index in [4.69, 9.17) is 20.8 Å². The summed E-state index contributed by atoms with van der Waals surface area (Å²) in [6, 6.07) is 18.2. The Balaban J connectivity index is 1.40. The predicted molar refractivity (Wildman–Crippen MR) is 149 cm³/mol. The van der Waals surface area contributed by atoms with Crippen LogP contribution in [0.15, 0.2) is 70.2 Å². The number of benzene rings is 3. The van der Waals surface area contributed by atoms with Crippen LogP contribution in [-0.4, -0.2) is 23.4 Å². The minimum Gasteiger partial charge on any atom is -0.493 e. The van der Waals surface area contributed by atoms with E-state index in [1.807, 2.05) is 43.5 Å². The van der Waals surface area contributed by atoms with E-state index in [0.717, 1.165) is 74.4 Å². The van der Waals surface area contributed by atoms with Crippen molar-refractivity contribution < 1.29 is 19.1 Å². The average molecular weight is 523 g/mol. The maximum atomic E-state index is 11.3. The summed E-state index contributed by atoms with van der Waals surface area (Å²) < 4.78 is 12.3. The first-order valence-electron chi connectivity index (χ1n) is 12.3. The zero-order valence-corrected chi connectivity index (χ0v) is 22.4. The number of carboxylic acids is 1. The molecular weight excluding hydrogens is 492 g/mol. The van der Waals surface area contributed by atoms with E-state index in [-0.39, 0.29) is 0 Å². The number of hydrogen-bond donors (Lipinski definition) is 1. The number of carbonyl (C=O) groups is 1. The standard InChI is InChI=1S/C30H31ClO4S/c1-4-9-24-26(14-12-23-25(18-35-29(23)24)21-10-6-5-7-11-21)34-16-8-17-36-27-15-13-22(19(2)28(27)31)20(3)30(32)33/h5-7,10-15,18,20H,4,8-9,16-17H2,1-3H3,(H,32,33). The molecule has 0 aliphatic heterocycles. The van der Waals surface area contributed by atoms with Crippen molar-refractivity contribution in [3.05, 3.63) is 82.6 Å². The lowest BCUT2D eigenvalue weighted by molar-refractivity contribution is -0.138. The van der Waals surface area contributed by atoms with Crippen LogP contribution in [0.25, 0.3) is 22.1 Å². The lowest BCUT2D eigenvalue weighted by Gasteiger charge is -2.15. The van der Waals surface area contributed by atoms with Gasteiger partial charge in [0, 0.05) is 27.2 Å². The first kappa shape index (κ1) is 26.2. The highest BCUT2D eigenvalue weighted by Gasteiger charge is 2.19. The van der Waals surface area contributed by atoms with Gasteiger partial charge in [-0.05, 0) is 61.6 Å². The number of aliphatic carboxylic acids is 1. The Morgan fingerprint density at radius 2 is 1.92 bits per heavy atom. The fraction of sp³-hybridized carbons (Fsp3) is 0.300. The monoisotopic (exact) mass is 522 g/mol. The van der Waals surface area contributed by atoms with Crippen molar-refractivity contribution in [1.82, 2.24) is 0 Å². The molecule has 4 aromatic rings. The molecule has 36 heavy (non-hydrogen) atoms. The SMILES string of the molecule is CCCc1c(OCCCSc2ccc(C(C)C(=O)O)c(C)c2Cl)ccc2c(-c3ccccc3)coc12. The molecule has 1 aromatic heterocycles.